The van der Waals surface area contributed by atoms with E-state index in [0.29, 0.717) is 0 Å². The molecule has 0 atom stereocenters. The highest BCUT2D eigenvalue weighted by Crippen LogP contribution is 2.39. The number of imide groups is 1. The monoisotopic (exact) mass is 488 g/mol. The number of nitrogens with zero attached hydrogens (tertiary/aromatic N) is 2. The summed E-state index contributed by atoms with van der Waals surface area (Å²) in [7, 11) is 1.18. The maximum Gasteiger partial charge on any atom is 0.373 e. The second-order valence-electron chi connectivity index (χ2n) is 6.95. The molecule has 3 N–H and O–H groups in total. The summed E-state index contributed by atoms with van der Waals surface area (Å²) in [5.41, 5.74) is 4.49. The van der Waals surface area contributed by atoms with Crippen LogP contribution >= 0.6 is 0 Å². The number of methoxy groups -OCH3 is 1. The zero-order valence-corrected chi connectivity index (χ0v) is 18.6. The maximum atomic E-state index is 12.8. The van der Waals surface area contributed by atoms with Gasteiger partial charge in [-0.05, 0) is 36.8 Å². The van der Waals surface area contributed by atoms with Crippen molar-refractivity contribution in [2.45, 2.75) is 13.5 Å². The predicted molar refractivity (Wildman–Crippen MR) is 116 cm³/mol. The second-order valence-corrected chi connectivity index (χ2v) is 6.95. The molecule has 0 unspecified atom stereocenters. The van der Waals surface area contributed by atoms with E-state index >= 15 is 0 Å². The molecule has 1 aliphatic rings. The Bertz CT molecular complexity index is 1230. The van der Waals surface area contributed by atoms with Crippen LogP contribution in [0.15, 0.2) is 34.4 Å². The summed E-state index contributed by atoms with van der Waals surface area (Å²) in [4.78, 5) is 59.4. The molecule has 4 amide bonds. The number of hydrogen-bond donors (Lipinski definition) is 2. The Hall–Kier alpha value is -4.88. The largest absolute Gasteiger partial charge is 0.490 e. The highest BCUT2D eigenvalue weighted by Gasteiger charge is 2.35. The van der Waals surface area contributed by atoms with Crippen molar-refractivity contribution in [1.82, 2.24) is 10.2 Å². The first kappa shape index (κ1) is 24.8. The van der Waals surface area contributed by atoms with Gasteiger partial charge in [-0.15, -0.1) is 0 Å². The van der Waals surface area contributed by atoms with Crippen molar-refractivity contribution < 1.29 is 42.7 Å². The zero-order chi connectivity index (χ0) is 25.7. The number of esters is 1. The average molecular weight is 488 g/mol. The van der Waals surface area contributed by atoms with Crippen molar-refractivity contribution in [3.05, 3.63) is 57.2 Å². The van der Waals surface area contributed by atoms with E-state index in [1.165, 1.54) is 31.4 Å². The smallest absolute Gasteiger partial charge is 0.373 e. The molecule has 14 nitrogen and oxygen atoms in total. The lowest BCUT2D eigenvalue weighted by Crippen LogP contribution is -2.30. The predicted octanol–water partition coefficient (Wildman–Crippen LogP) is 1.33. The van der Waals surface area contributed by atoms with Crippen molar-refractivity contribution in [2.75, 3.05) is 20.3 Å². The number of furan rings is 1. The molecule has 0 spiro atoms. The van der Waals surface area contributed by atoms with Crippen molar-refractivity contribution >= 4 is 35.6 Å². The zero-order valence-electron chi connectivity index (χ0n) is 18.6. The summed E-state index contributed by atoms with van der Waals surface area (Å²) in [5, 5.41) is 14.0. The van der Waals surface area contributed by atoms with Gasteiger partial charge in [0, 0.05) is 6.07 Å². The fraction of sp³-hybridized carbons (Fsp3) is 0.238. The molecule has 35 heavy (non-hydrogen) atoms. The Labute approximate surface area is 197 Å². The molecule has 1 aliphatic heterocycles. The van der Waals surface area contributed by atoms with Gasteiger partial charge in [-0.3, -0.25) is 24.6 Å². The molecule has 0 bridgehead atoms. The summed E-state index contributed by atoms with van der Waals surface area (Å²) in [6, 6.07) is 4.42. The van der Waals surface area contributed by atoms with Crippen LogP contribution in [0.2, 0.25) is 0 Å². The molecule has 184 valence electrons. The fourth-order valence-corrected chi connectivity index (χ4v) is 3.09. The maximum absolute atomic E-state index is 12.8. The molecular weight excluding hydrogens is 468 g/mol. The minimum atomic E-state index is -0.845. The van der Waals surface area contributed by atoms with Gasteiger partial charge in [0.25, 0.3) is 11.8 Å². The van der Waals surface area contributed by atoms with Crippen LogP contribution in [0.1, 0.15) is 28.8 Å². The van der Waals surface area contributed by atoms with Gasteiger partial charge in [0.2, 0.25) is 11.5 Å². The SMILES string of the molecule is CCOc1cc(/C=C2\NC(=O)N(Cc3ccc(C(=O)OC)o3)C2=O)cc([N+](=O)[O-])c1OCC(N)=O. The Kier molecular flexibility index (Phi) is 7.34. The van der Waals surface area contributed by atoms with Gasteiger partial charge in [-0.1, -0.05) is 0 Å². The molecule has 0 radical (unpaired) electrons. The second kappa shape index (κ2) is 10.4. The first-order valence-electron chi connectivity index (χ1n) is 10.0. The summed E-state index contributed by atoms with van der Waals surface area (Å²) in [6.45, 7) is 0.858. The van der Waals surface area contributed by atoms with E-state index in [1.807, 2.05) is 0 Å². The number of primary amides is 1. The van der Waals surface area contributed by atoms with E-state index in [2.05, 4.69) is 10.1 Å². The fourth-order valence-electron chi connectivity index (χ4n) is 3.09. The van der Waals surface area contributed by atoms with Gasteiger partial charge in [0.05, 0.1) is 25.2 Å². The number of benzene rings is 1. The summed E-state index contributed by atoms with van der Waals surface area (Å²) < 4.78 is 20.4. The number of nitrogens with one attached hydrogen (secondary N) is 1. The highest BCUT2D eigenvalue weighted by atomic mass is 16.6. The average Bonchev–Trinajstić information content (AvgIpc) is 3.38. The van der Waals surface area contributed by atoms with Gasteiger partial charge in [-0.2, -0.15) is 0 Å². The third-order valence-corrected chi connectivity index (χ3v) is 4.55. The van der Waals surface area contributed by atoms with Gasteiger partial charge in [-0.25, -0.2) is 9.59 Å². The third-order valence-electron chi connectivity index (χ3n) is 4.55. The Morgan fingerprint density at radius 2 is 2.00 bits per heavy atom. The van der Waals surface area contributed by atoms with Crippen LogP contribution < -0.4 is 20.5 Å². The molecule has 1 saturated heterocycles. The van der Waals surface area contributed by atoms with Crippen LogP contribution in [0.3, 0.4) is 0 Å². The molecule has 0 saturated carbocycles. The van der Waals surface area contributed by atoms with Gasteiger partial charge in [0.1, 0.15) is 11.5 Å². The van der Waals surface area contributed by atoms with Gasteiger partial charge >= 0.3 is 17.7 Å². The minimum Gasteiger partial charge on any atom is -0.490 e. The molecule has 1 fully saturated rings. The van der Waals surface area contributed by atoms with Crippen LogP contribution in [-0.2, 0) is 20.9 Å². The van der Waals surface area contributed by atoms with E-state index in [0.717, 1.165) is 11.0 Å². The lowest BCUT2D eigenvalue weighted by molar-refractivity contribution is -0.385. The number of hydrogen-bond acceptors (Lipinski definition) is 10. The van der Waals surface area contributed by atoms with Crippen molar-refractivity contribution in [3.63, 3.8) is 0 Å². The van der Waals surface area contributed by atoms with Gasteiger partial charge < -0.3 is 29.7 Å². The molecule has 3 rings (SSSR count). The molecular formula is C21H20N4O10. The molecule has 1 aromatic carbocycles. The van der Waals surface area contributed by atoms with E-state index in [1.54, 1.807) is 6.92 Å². The Morgan fingerprint density at radius 3 is 2.63 bits per heavy atom. The molecule has 2 heterocycles. The van der Waals surface area contributed by atoms with Crippen LogP contribution in [0.5, 0.6) is 11.5 Å². The number of nitrogens with two attached hydrogens (primary N) is 1. The number of rotatable bonds is 10. The Morgan fingerprint density at radius 1 is 1.26 bits per heavy atom. The summed E-state index contributed by atoms with van der Waals surface area (Å²) in [5.74, 6) is -2.61. The Balaban J connectivity index is 1.90. The van der Waals surface area contributed by atoms with E-state index in [4.69, 9.17) is 19.6 Å². The quantitative estimate of drug-likeness (QED) is 0.162. The number of ether oxygens (including phenoxy) is 3. The standard InChI is InChI=1S/C21H20N4O10/c1-3-33-16-8-11(7-14(25(30)31)18(16)34-10-17(22)26)6-13-19(27)24(21(29)23-13)9-12-4-5-15(35-12)20(28)32-2/h4-8H,3,9-10H2,1-2H3,(H2,22,26)(H,23,29)/b13-6-. The van der Waals surface area contributed by atoms with Crippen molar-refractivity contribution in [3.8, 4) is 11.5 Å². The van der Waals surface area contributed by atoms with Crippen LogP contribution in [0, 0.1) is 10.1 Å². The normalized spacial score (nSPS) is 14.1. The number of amides is 4. The van der Waals surface area contributed by atoms with Crippen LogP contribution in [0.25, 0.3) is 6.08 Å². The summed E-state index contributed by atoms with van der Waals surface area (Å²) in [6.07, 6.45) is 1.22. The number of carbonyl (C=O) groups is 4. The minimum absolute atomic E-state index is 0.0608. The highest BCUT2D eigenvalue weighted by molar-refractivity contribution is 6.13. The molecule has 0 aliphatic carbocycles. The topological polar surface area (TPSA) is 194 Å². The van der Waals surface area contributed by atoms with Crippen molar-refractivity contribution in [1.29, 1.82) is 0 Å². The van der Waals surface area contributed by atoms with Crippen LogP contribution in [-0.4, -0.2) is 54.0 Å². The number of carbonyl (C=O) groups excluding carboxylic acids is 4. The third kappa shape index (κ3) is 5.55. The molecule has 1 aromatic heterocycles. The van der Waals surface area contributed by atoms with Crippen LogP contribution in [0.4, 0.5) is 10.5 Å². The first-order valence-corrected chi connectivity index (χ1v) is 10.0. The lowest BCUT2D eigenvalue weighted by atomic mass is 10.1. The number of urea groups is 1. The first-order chi connectivity index (χ1) is 16.6. The van der Waals surface area contributed by atoms with E-state index in [9.17, 15) is 29.3 Å². The molecule has 2 aromatic rings. The summed E-state index contributed by atoms with van der Waals surface area (Å²) >= 11 is 0. The number of nitro benzene ring substituents is 1. The van der Waals surface area contributed by atoms with Crippen molar-refractivity contribution in [2.24, 2.45) is 5.73 Å². The molecule has 14 heteroatoms. The van der Waals surface area contributed by atoms with Gasteiger partial charge in [0.15, 0.2) is 12.4 Å². The lowest BCUT2D eigenvalue weighted by Gasteiger charge is -2.12. The van der Waals surface area contributed by atoms with E-state index in [-0.39, 0.29) is 47.4 Å². The van der Waals surface area contributed by atoms with E-state index < -0.39 is 41.0 Å². The number of nitro groups is 1.